The molecule has 1 saturated heterocycles. The largest absolute Gasteiger partial charge is 0.497 e. The van der Waals surface area contributed by atoms with Gasteiger partial charge in [-0.15, -0.1) is 0 Å². The molecule has 0 radical (unpaired) electrons. The lowest BCUT2D eigenvalue weighted by molar-refractivity contribution is -0.123. The summed E-state index contributed by atoms with van der Waals surface area (Å²) < 4.78 is 13.3. The van der Waals surface area contributed by atoms with E-state index in [1.807, 2.05) is 25.5 Å². The van der Waals surface area contributed by atoms with Crippen LogP contribution in [0.2, 0.25) is 0 Å². The van der Waals surface area contributed by atoms with Crippen LogP contribution >= 0.6 is 0 Å². The molecule has 1 aromatic heterocycles. The Morgan fingerprint density at radius 3 is 3.04 bits per heavy atom. The number of amides is 1. The normalized spacial score (nSPS) is 24.3. The average Bonchev–Trinajstić information content (AvgIpc) is 3.24. The van der Waals surface area contributed by atoms with Crippen molar-refractivity contribution >= 4 is 5.91 Å². The van der Waals surface area contributed by atoms with Crippen molar-refractivity contribution in [2.24, 2.45) is 7.05 Å². The fraction of sp³-hybridized carbons (Fsp3) is 0.500. The number of fused-ring (bicyclic) bond motifs is 1. The standard InChI is InChI=1S/C20H26N4O3/c1-12-6-13-7-16(26-3)8-14(20(13)27-12)9-21-17-4-5-18(25)23-19(17)15-10-22-24(2)11-15/h7-8,10-12,17,19,21H,4-6,9H2,1-3H3,(H,23,25)/t12?,17-,19+/m1/s1. The molecular formula is C20H26N4O3. The number of nitrogens with one attached hydrogen (secondary N) is 2. The molecule has 1 aromatic carbocycles. The van der Waals surface area contributed by atoms with Crippen LogP contribution in [-0.4, -0.2) is 34.9 Å². The van der Waals surface area contributed by atoms with E-state index in [0.29, 0.717) is 13.0 Å². The van der Waals surface area contributed by atoms with Gasteiger partial charge in [-0.3, -0.25) is 9.48 Å². The minimum Gasteiger partial charge on any atom is -0.497 e. The molecule has 1 unspecified atom stereocenters. The van der Waals surface area contributed by atoms with Crippen molar-refractivity contribution in [2.45, 2.75) is 50.9 Å². The maximum absolute atomic E-state index is 11.9. The molecule has 2 aliphatic heterocycles. The first kappa shape index (κ1) is 17.9. The van der Waals surface area contributed by atoms with Crippen molar-refractivity contribution in [1.29, 1.82) is 0 Å². The molecule has 3 atom stereocenters. The molecule has 1 fully saturated rings. The van der Waals surface area contributed by atoms with E-state index >= 15 is 0 Å². The molecule has 2 aromatic rings. The van der Waals surface area contributed by atoms with Gasteiger partial charge in [0.1, 0.15) is 17.6 Å². The van der Waals surface area contributed by atoms with E-state index in [9.17, 15) is 4.79 Å². The van der Waals surface area contributed by atoms with Gasteiger partial charge in [0, 0.05) is 55.4 Å². The number of benzene rings is 1. The van der Waals surface area contributed by atoms with Crippen LogP contribution in [0.25, 0.3) is 0 Å². The Morgan fingerprint density at radius 2 is 2.30 bits per heavy atom. The lowest BCUT2D eigenvalue weighted by Gasteiger charge is -2.32. The fourth-order valence-electron chi connectivity index (χ4n) is 4.00. The Balaban J connectivity index is 1.54. The summed E-state index contributed by atoms with van der Waals surface area (Å²) in [5.74, 6) is 1.90. The number of aryl methyl sites for hydroxylation is 1. The van der Waals surface area contributed by atoms with Gasteiger partial charge < -0.3 is 20.1 Å². The summed E-state index contributed by atoms with van der Waals surface area (Å²) in [6.45, 7) is 2.74. The molecule has 7 nitrogen and oxygen atoms in total. The minimum atomic E-state index is -0.0848. The van der Waals surface area contributed by atoms with Gasteiger partial charge in [-0.1, -0.05) is 0 Å². The molecule has 0 aliphatic carbocycles. The Bertz CT molecular complexity index is 848. The lowest BCUT2D eigenvalue weighted by Crippen LogP contribution is -2.48. The van der Waals surface area contributed by atoms with Crippen molar-refractivity contribution in [3.8, 4) is 11.5 Å². The van der Waals surface area contributed by atoms with Crippen LogP contribution in [0.15, 0.2) is 24.5 Å². The highest BCUT2D eigenvalue weighted by molar-refractivity contribution is 5.77. The van der Waals surface area contributed by atoms with Crippen LogP contribution in [-0.2, 0) is 24.8 Å². The smallest absolute Gasteiger partial charge is 0.220 e. The summed E-state index contributed by atoms with van der Waals surface area (Å²) in [7, 11) is 3.57. The number of carbonyl (C=O) groups is 1. The highest BCUT2D eigenvalue weighted by Gasteiger charge is 2.31. The summed E-state index contributed by atoms with van der Waals surface area (Å²) in [4.78, 5) is 11.9. The van der Waals surface area contributed by atoms with Crippen molar-refractivity contribution in [3.05, 3.63) is 41.2 Å². The van der Waals surface area contributed by atoms with Gasteiger partial charge in [0.25, 0.3) is 0 Å². The zero-order valence-electron chi connectivity index (χ0n) is 16.0. The second kappa shape index (κ2) is 7.23. The molecule has 0 bridgehead atoms. The van der Waals surface area contributed by atoms with Crippen LogP contribution in [0.1, 0.15) is 42.5 Å². The molecule has 7 heteroatoms. The molecular weight excluding hydrogens is 344 g/mol. The van der Waals surface area contributed by atoms with Gasteiger partial charge >= 0.3 is 0 Å². The Kier molecular flexibility index (Phi) is 4.78. The molecule has 3 heterocycles. The molecule has 144 valence electrons. The number of nitrogens with zero attached hydrogens (tertiary/aromatic N) is 2. The topological polar surface area (TPSA) is 77.4 Å². The summed E-state index contributed by atoms with van der Waals surface area (Å²) in [5.41, 5.74) is 3.30. The predicted molar refractivity (Wildman–Crippen MR) is 101 cm³/mol. The second-order valence-electron chi connectivity index (χ2n) is 7.43. The van der Waals surface area contributed by atoms with Gasteiger partial charge in [0.15, 0.2) is 0 Å². The summed E-state index contributed by atoms with van der Waals surface area (Å²) >= 11 is 0. The third kappa shape index (κ3) is 3.64. The Labute approximate surface area is 159 Å². The van der Waals surface area contributed by atoms with E-state index in [2.05, 4.69) is 28.7 Å². The molecule has 0 saturated carbocycles. The van der Waals surface area contributed by atoms with E-state index in [0.717, 1.165) is 35.5 Å². The predicted octanol–water partition coefficient (Wildman–Crippen LogP) is 1.86. The SMILES string of the molecule is COc1cc(CN[C@@H]2CCC(=O)N[C@H]2c2cnn(C)c2)c2c(c1)CC(C)O2. The summed E-state index contributed by atoms with van der Waals surface area (Å²) in [6, 6.07) is 4.14. The third-order valence-electron chi connectivity index (χ3n) is 5.32. The average molecular weight is 370 g/mol. The quantitative estimate of drug-likeness (QED) is 0.840. The number of piperidine rings is 1. The minimum absolute atomic E-state index is 0.0846. The fourth-order valence-corrected chi connectivity index (χ4v) is 4.00. The van der Waals surface area contributed by atoms with E-state index in [-0.39, 0.29) is 24.1 Å². The number of rotatable bonds is 5. The number of hydrogen-bond acceptors (Lipinski definition) is 5. The summed E-state index contributed by atoms with van der Waals surface area (Å²) in [6.07, 6.45) is 6.17. The zero-order chi connectivity index (χ0) is 19.0. The number of hydrogen-bond donors (Lipinski definition) is 2. The van der Waals surface area contributed by atoms with Gasteiger partial charge in [-0.05, 0) is 25.5 Å². The van der Waals surface area contributed by atoms with Crippen LogP contribution in [0.3, 0.4) is 0 Å². The van der Waals surface area contributed by atoms with Crippen LogP contribution in [0.4, 0.5) is 0 Å². The van der Waals surface area contributed by atoms with Crippen molar-refractivity contribution in [1.82, 2.24) is 20.4 Å². The highest BCUT2D eigenvalue weighted by atomic mass is 16.5. The molecule has 4 rings (SSSR count). The lowest BCUT2D eigenvalue weighted by atomic mass is 9.93. The molecule has 2 aliphatic rings. The first-order valence-electron chi connectivity index (χ1n) is 9.41. The van der Waals surface area contributed by atoms with E-state index in [4.69, 9.17) is 9.47 Å². The molecule has 1 amide bonds. The van der Waals surface area contributed by atoms with Crippen molar-refractivity contribution in [3.63, 3.8) is 0 Å². The molecule has 27 heavy (non-hydrogen) atoms. The van der Waals surface area contributed by atoms with E-state index < -0.39 is 0 Å². The van der Waals surface area contributed by atoms with Crippen molar-refractivity contribution in [2.75, 3.05) is 7.11 Å². The molecule has 2 N–H and O–H groups in total. The molecule has 0 spiro atoms. The third-order valence-corrected chi connectivity index (χ3v) is 5.32. The Morgan fingerprint density at radius 1 is 1.44 bits per heavy atom. The first-order valence-corrected chi connectivity index (χ1v) is 9.41. The monoisotopic (exact) mass is 370 g/mol. The summed E-state index contributed by atoms with van der Waals surface area (Å²) in [5, 5.41) is 11.0. The highest BCUT2D eigenvalue weighted by Crippen LogP contribution is 2.36. The van der Waals surface area contributed by atoms with Gasteiger partial charge in [-0.25, -0.2) is 0 Å². The second-order valence-corrected chi connectivity index (χ2v) is 7.43. The van der Waals surface area contributed by atoms with Gasteiger partial charge in [-0.2, -0.15) is 5.10 Å². The van der Waals surface area contributed by atoms with Gasteiger partial charge in [0.2, 0.25) is 5.91 Å². The maximum atomic E-state index is 11.9. The number of aromatic nitrogens is 2. The van der Waals surface area contributed by atoms with Crippen LogP contribution in [0.5, 0.6) is 11.5 Å². The number of ether oxygens (including phenoxy) is 2. The first-order chi connectivity index (χ1) is 13.0. The number of methoxy groups -OCH3 is 1. The zero-order valence-corrected chi connectivity index (χ0v) is 16.0. The maximum Gasteiger partial charge on any atom is 0.220 e. The van der Waals surface area contributed by atoms with Crippen molar-refractivity contribution < 1.29 is 14.3 Å². The van der Waals surface area contributed by atoms with Gasteiger partial charge in [0.05, 0.1) is 19.3 Å². The van der Waals surface area contributed by atoms with E-state index in [1.165, 1.54) is 5.56 Å². The van der Waals surface area contributed by atoms with E-state index in [1.54, 1.807) is 11.8 Å². The Hall–Kier alpha value is -2.54. The number of carbonyl (C=O) groups excluding carboxylic acids is 1. The van der Waals surface area contributed by atoms with Crippen LogP contribution < -0.4 is 20.1 Å². The van der Waals surface area contributed by atoms with Crippen LogP contribution in [0, 0.1) is 0 Å².